The molecule has 2 saturated heterocycles. The number of H-pyrrole nitrogens is 1. The quantitative estimate of drug-likeness (QED) is 0.299. The fraction of sp³-hybridized carbons (Fsp3) is 0.344. The molecule has 2 aliphatic rings. The average molecular weight is 554 g/mol. The van der Waals surface area contributed by atoms with E-state index >= 15 is 0 Å². The van der Waals surface area contributed by atoms with Gasteiger partial charge in [-0.05, 0) is 73.2 Å². The van der Waals surface area contributed by atoms with Crippen molar-refractivity contribution in [3.05, 3.63) is 89.7 Å². The summed E-state index contributed by atoms with van der Waals surface area (Å²) in [6, 6.07) is 25.2. The third-order valence-electron chi connectivity index (χ3n) is 8.04. The molecular weight excluding hydrogens is 518 g/mol. The molecule has 41 heavy (non-hydrogen) atoms. The van der Waals surface area contributed by atoms with Gasteiger partial charge in [-0.2, -0.15) is 0 Å². The monoisotopic (exact) mass is 553 g/mol. The Morgan fingerprint density at radius 1 is 0.976 bits per heavy atom. The minimum absolute atomic E-state index is 0.0921. The smallest absolute Gasteiger partial charge is 0.407 e. The summed E-state index contributed by atoms with van der Waals surface area (Å²) in [5, 5.41) is 2.49. The molecule has 1 aromatic heterocycles. The number of anilines is 1. The lowest BCUT2D eigenvalue weighted by molar-refractivity contribution is -0.131. The third-order valence-corrected chi connectivity index (χ3v) is 8.04. The molecule has 2 fully saturated rings. The Hall–Kier alpha value is -4.53. The summed E-state index contributed by atoms with van der Waals surface area (Å²) in [6.45, 7) is 2.10. The second-order valence-corrected chi connectivity index (χ2v) is 10.6. The number of fused-ring (bicyclic) bond motifs is 1. The molecule has 0 aliphatic carbocycles. The molecule has 212 valence electrons. The van der Waals surface area contributed by atoms with Gasteiger partial charge in [0.05, 0.1) is 30.2 Å². The van der Waals surface area contributed by atoms with Crippen LogP contribution in [0.15, 0.2) is 72.8 Å². The standard InChI is InChI=1S/C32H35N5O4/c1-40-32(39)33-20-30(38)37-18-6-10-29(37)31-34-26-16-11-23(19-27(26)35-31)28-9-5-17-36(28)24-12-14-25(15-13-24)41-21-22-7-3-2-4-8-22/h2-4,7-8,11-16,19,28-29H,5-6,9-10,17-18,20-21H2,1H3,(H,33,39)(H,34,35)/t28-,29+/m1/s1. The number of aromatic nitrogens is 2. The van der Waals surface area contributed by atoms with Crippen molar-refractivity contribution in [3.63, 3.8) is 0 Å². The molecule has 6 rings (SSSR count). The summed E-state index contributed by atoms with van der Waals surface area (Å²) in [5.41, 5.74) is 5.43. The van der Waals surface area contributed by atoms with Gasteiger partial charge in [-0.3, -0.25) is 4.79 Å². The first-order valence-electron chi connectivity index (χ1n) is 14.2. The van der Waals surface area contributed by atoms with Crippen LogP contribution in [0.3, 0.4) is 0 Å². The number of nitrogens with one attached hydrogen (secondary N) is 2. The normalized spacial score (nSPS) is 18.6. The maximum absolute atomic E-state index is 12.8. The highest BCUT2D eigenvalue weighted by atomic mass is 16.5. The lowest BCUT2D eigenvalue weighted by Gasteiger charge is -2.27. The zero-order valence-electron chi connectivity index (χ0n) is 23.2. The fourth-order valence-corrected chi connectivity index (χ4v) is 5.98. The summed E-state index contributed by atoms with van der Waals surface area (Å²) in [5.74, 6) is 1.51. The van der Waals surface area contributed by atoms with Gasteiger partial charge in [0.2, 0.25) is 5.91 Å². The Balaban J connectivity index is 1.15. The Morgan fingerprint density at radius 2 is 1.76 bits per heavy atom. The van der Waals surface area contributed by atoms with Crippen LogP contribution in [-0.4, -0.2) is 53.6 Å². The first-order valence-corrected chi connectivity index (χ1v) is 14.2. The number of carbonyl (C=O) groups excluding carboxylic acids is 2. The summed E-state index contributed by atoms with van der Waals surface area (Å²) >= 11 is 0. The second kappa shape index (κ2) is 11.9. The summed E-state index contributed by atoms with van der Waals surface area (Å²) in [4.78, 5) is 36.8. The highest BCUT2D eigenvalue weighted by molar-refractivity contribution is 5.83. The van der Waals surface area contributed by atoms with Crippen LogP contribution in [0.2, 0.25) is 0 Å². The summed E-state index contributed by atoms with van der Waals surface area (Å²) < 4.78 is 10.6. The van der Waals surface area contributed by atoms with E-state index in [1.54, 1.807) is 4.90 Å². The number of rotatable bonds is 8. The number of methoxy groups -OCH3 is 1. The third kappa shape index (κ3) is 5.84. The molecule has 2 atom stereocenters. The van der Waals surface area contributed by atoms with Crippen molar-refractivity contribution in [2.24, 2.45) is 0 Å². The lowest BCUT2D eigenvalue weighted by atomic mass is 10.0. The first-order chi connectivity index (χ1) is 20.1. The van der Waals surface area contributed by atoms with Crippen LogP contribution in [0.1, 0.15) is 54.7 Å². The highest BCUT2D eigenvalue weighted by Crippen LogP contribution is 2.38. The molecule has 0 unspecified atom stereocenters. The maximum atomic E-state index is 12.8. The van der Waals surface area contributed by atoms with Gasteiger partial charge < -0.3 is 29.6 Å². The van der Waals surface area contributed by atoms with Crippen LogP contribution < -0.4 is 15.0 Å². The number of alkyl carbamates (subject to hydrolysis) is 1. The van der Waals surface area contributed by atoms with E-state index < -0.39 is 6.09 Å². The number of likely N-dealkylation sites (tertiary alicyclic amines) is 1. The van der Waals surface area contributed by atoms with Crippen molar-refractivity contribution in [1.82, 2.24) is 20.2 Å². The van der Waals surface area contributed by atoms with E-state index in [2.05, 4.69) is 62.4 Å². The van der Waals surface area contributed by atoms with Crippen LogP contribution in [0.25, 0.3) is 11.0 Å². The average Bonchev–Trinajstić information content (AvgIpc) is 3.78. The SMILES string of the molecule is COC(=O)NCC(=O)N1CCC[C@H]1c1nc2cc([C@H]3CCCN3c3ccc(OCc4ccccc4)cc3)ccc2[nH]1. The van der Waals surface area contributed by atoms with Crippen molar-refractivity contribution < 1.29 is 19.1 Å². The van der Waals surface area contributed by atoms with E-state index in [0.717, 1.165) is 60.4 Å². The Bertz CT molecular complexity index is 1500. The van der Waals surface area contributed by atoms with Gasteiger partial charge in [-0.15, -0.1) is 0 Å². The number of benzene rings is 3. The molecule has 2 N–H and O–H groups in total. The summed E-state index contributed by atoms with van der Waals surface area (Å²) in [6.07, 6.45) is 3.31. The van der Waals surface area contributed by atoms with Crippen molar-refractivity contribution in [2.75, 3.05) is 31.6 Å². The fourth-order valence-electron chi connectivity index (χ4n) is 5.98. The topological polar surface area (TPSA) is 99.8 Å². The minimum atomic E-state index is -0.612. The van der Waals surface area contributed by atoms with Crippen molar-refractivity contribution in [1.29, 1.82) is 0 Å². The van der Waals surface area contributed by atoms with E-state index in [1.165, 1.54) is 18.4 Å². The number of amides is 2. The van der Waals surface area contributed by atoms with Gasteiger partial charge in [-0.1, -0.05) is 36.4 Å². The lowest BCUT2D eigenvalue weighted by Crippen LogP contribution is -2.40. The van der Waals surface area contributed by atoms with Crippen LogP contribution in [0.5, 0.6) is 5.75 Å². The van der Waals surface area contributed by atoms with Gasteiger partial charge in [0.1, 0.15) is 24.7 Å². The Kier molecular flexibility index (Phi) is 7.75. The van der Waals surface area contributed by atoms with Gasteiger partial charge in [0.25, 0.3) is 0 Å². The van der Waals surface area contributed by atoms with Gasteiger partial charge in [0.15, 0.2) is 0 Å². The molecular formula is C32H35N5O4. The van der Waals surface area contributed by atoms with Crippen LogP contribution in [-0.2, 0) is 16.1 Å². The molecule has 2 amide bonds. The molecule has 9 heteroatoms. The number of hydrogen-bond acceptors (Lipinski definition) is 6. The van der Waals surface area contributed by atoms with Gasteiger partial charge in [0, 0.05) is 18.8 Å². The maximum Gasteiger partial charge on any atom is 0.407 e. The zero-order valence-corrected chi connectivity index (χ0v) is 23.2. The number of carbonyl (C=O) groups is 2. The van der Waals surface area contributed by atoms with Crippen LogP contribution >= 0.6 is 0 Å². The molecule has 3 aromatic carbocycles. The van der Waals surface area contributed by atoms with E-state index in [-0.39, 0.29) is 24.5 Å². The summed E-state index contributed by atoms with van der Waals surface area (Å²) in [7, 11) is 1.28. The van der Waals surface area contributed by atoms with E-state index in [1.807, 2.05) is 30.3 Å². The first kappa shape index (κ1) is 26.7. The Morgan fingerprint density at radius 3 is 2.56 bits per heavy atom. The van der Waals surface area contributed by atoms with Gasteiger partial charge >= 0.3 is 6.09 Å². The van der Waals surface area contributed by atoms with Crippen LogP contribution in [0.4, 0.5) is 10.5 Å². The molecule has 0 radical (unpaired) electrons. The van der Waals surface area contributed by atoms with E-state index in [4.69, 9.17) is 9.72 Å². The van der Waals surface area contributed by atoms with Crippen LogP contribution in [0, 0.1) is 0 Å². The molecule has 0 spiro atoms. The number of hydrogen-bond donors (Lipinski definition) is 2. The number of aromatic amines is 1. The highest BCUT2D eigenvalue weighted by Gasteiger charge is 2.32. The number of ether oxygens (including phenoxy) is 2. The molecule has 4 aromatic rings. The Labute approximate surface area is 239 Å². The number of imidazole rings is 1. The predicted octanol–water partition coefficient (Wildman–Crippen LogP) is 5.50. The molecule has 2 aliphatic heterocycles. The minimum Gasteiger partial charge on any atom is -0.489 e. The predicted molar refractivity (Wildman–Crippen MR) is 157 cm³/mol. The van der Waals surface area contributed by atoms with E-state index in [0.29, 0.717) is 13.2 Å². The largest absolute Gasteiger partial charge is 0.489 e. The molecule has 3 heterocycles. The molecule has 0 saturated carbocycles. The molecule has 9 nitrogen and oxygen atoms in total. The van der Waals surface area contributed by atoms with Crippen molar-refractivity contribution >= 4 is 28.7 Å². The van der Waals surface area contributed by atoms with Crippen molar-refractivity contribution in [2.45, 2.75) is 44.4 Å². The van der Waals surface area contributed by atoms with Crippen molar-refractivity contribution in [3.8, 4) is 5.75 Å². The molecule has 0 bridgehead atoms. The second-order valence-electron chi connectivity index (χ2n) is 10.6. The van der Waals surface area contributed by atoms with E-state index in [9.17, 15) is 9.59 Å². The van der Waals surface area contributed by atoms with Gasteiger partial charge in [-0.25, -0.2) is 9.78 Å². The number of nitrogens with zero attached hydrogens (tertiary/aromatic N) is 3. The zero-order chi connectivity index (χ0) is 28.2.